The molecular weight excluding hydrogens is 394 g/mol. The van der Waals surface area contributed by atoms with E-state index in [4.69, 9.17) is 4.74 Å². The third-order valence-electron chi connectivity index (χ3n) is 5.22. The molecule has 0 radical (unpaired) electrons. The highest BCUT2D eigenvalue weighted by atomic mass is 19.1. The molecule has 1 aromatic heterocycles. The maximum absolute atomic E-state index is 14.3. The van der Waals surface area contributed by atoms with Gasteiger partial charge in [-0.2, -0.15) is 5.10 Å². The van der Waals surface area contributed by atoms with Crippen LogP contribution in [0.25, 0.3) is 11.3 Å². The molecule has 0 atom stereocenters. The van der Waals surface area contributed by atoms with E-state index < -0.39 is 11.6 Å². The predicted molar refractivity (Wildman–Crippen MR) is 107 cm³/mol. The predicted octanol–water partition coefficient (Wildman–Crippen LogP) is 2.37. The molecule has 0 spiro atoms. The number of aromatic nitrogens is 2. The van der Waals surface area contributed by atoms with Crippen molar-refractivity contribution in [3.63, 3.8) is 0 Å². The number of methoxy groups -OCH3 is 1. The zero-order chi connectivity index (χ0) is 21.7. The molecule has 0 bridgehead atoms. The quantitative estimate of drug-likeness (QED) is 0.698. The monoisotopic (exact) mass is 420 g/mol. The number of hydrogen-bond donors (Lipinski definition) is 1. The zero-order valence-electron chi connectivity index (χ0n) is 17.2. The lowest BCUT2D eigenvalue weighted by molar-refractivity contribution is -0.126. The Labute approximate surface area is 174 Å². The van der Waals surface area contributed by atoms with Crippen molar-refractivity contribution < 1.29 is 23.1 Å². The largest absolute Gasteiger partial charge is 0.385 e. The molecule has 7 nitrogen and oxygen atoms in total. The van der Waals surface area contributed by atoms with Gasteiger partial charge in [0.25, 0.3) is 5.91 Å². The molecule has 1 fully saturated rings. The number of likely N-dealkylation sites (tertiary alicyclic amines) is 1. The van der Waals surface area contributed by atoms with Gasteiger partial charge in [0.1, 0.15) is 17.3 Å². The summed E-state index contributed by atoms with van der Waals surface area (Å²) in [5.74, 6) is -1.89. The van der Waals surface area contributed by atoms with E-state index in [0.29, 0.717) is 39.1 Å². The number of nitrogens with one attached hydrogen (secondary N) is 1. The number of halogens is 2. The van der Waals surface area contributed by atoms with Crippen LogP contribution in [0, 0.1) is 17.6 Å². The number of carbonyl (C=O) groups is 2. The second-order valence-electron chi connectivity index (χ2n) is 7.39. The van der Waals surface area contributed by atoms with Gasteiger partial charge in [-0.3, -0.25) is 14.3 Å². The van der Waals surface area contributed by atoms with Crippen LogP contribution in [0.15, 0.2) is 24.4 Å². The smallest absolute Gasteiger partial charge is 0.257 e. The van der Waals surface area contributed by atoms with E-state index in [0.717, 1.165) is 18.6 Å². The van der Waals surface area contributed by atoms with E-state index in [9.17, 15) is 18.4 Å². The van der Waals surface area contributed by atoms with Gasteiger partial charge >= 0.3 is 0 Å². The maximum atomic E-state index is 14.3. The molecule has 2 amide bonds. The van der Waals surface area contributed by atoms with Gasteiger partial charge in [-0.15, -0.1) is 0 Å². The lowest BCUT2D eigenvalue weighted by Crippen LogP contribution is -2.43. The van der Waals surface area contributed by atoms with Gasteiger partial charge in [-0.1, -0.05) is 0 Å². The number of benzene rings is 1. The maximum Gasteiger partial charge on any atom is 0.257 e. The molecule has 1 N–H and O–H groups in total. The fraction of sp³-hybridized carbons (Fsp3) is 0.476. The fourth-order valence-corrected chi connectivity index (χ4v) is 3.61. The summed E-state index contributed by atoms with van der Waals surface area (Å²) in [6.07, 6.45) is 3.41. The average Bonchev–Trinajstić information content (AvgIpc) is 3.12. The van der Waals surface area contributed by atoms with E-state index in [2.05, 4.69) is 10.4 Å². The highest BCUT2D eigenvalue weighted by molar-refractivity contribution is 6.00. The minimum absolute atomic E-state index is 0.00588. The Hall–Kier alpha value is -2.81. The normalized spacial score (nSPS) is 14.7. The van der Waals surface area contributed by atoms with Crippen LogP contribution in [0.1, 0.15) is 29.6 Å². The SMILES string of the molecule is COCCCNC(=O)C1CCN(C(=O)c2cn(C)nc2-c2ccc(F)cc2F)CC1. The highest BCUT2D eigenvalue weighted by Crippen LogP contribution is 2.28. The molecule has 0 aliphatic carbocycles. The van der Waals surface area contributed by atoms with Gasteiger partial charge in [-0.25, -0.2) is 8.78 Å². The molecule has 162 valence electrons. The summed E-state index contributed by atoms with van der Waals surface area (Å²) in [5.41, 5.74) is 0.508. The molecule has 1 aromatic carbocycles. The molecular formula is C21H26F2N4O3. The lowest BCUT2D eigenvalue weighted by Gasteiger charge is -2.31. The summed E-state index contributed by atoms with van der Waals surface area (Å²) in [4.78, 5) is 27.0. The van der Waals surface area contributed by atoms with Crippen LogP contribution in [-0.2, 0) is 16.6 Å². The number of nitrogens with zero attached hydrogens (tertiary/aromatic N) is 3. The summed E-state index contributed by atoms with van der Waals surface area (Å²) >= 11 is 0. The third-order valence-corrected chi connectivity index (χ3v) is 5.22. The topological polar surface area (TPSA) is 76.5 Å². The zero-order valence-corrected chi connectivity index (χ0v) is 17.2. The molecule has 2 heterocycles. The van der Waals surface area contributed by atoms with Gasteiger partial charge in [0.15, 0.2) is 0 Å². The Morgan fingerprint density at radius 2 is 2.00 bits per heavy atom. The number of piperidine rings is 1. The molecule has 1 aliphatic rings. The van der Waals surface area contributed by atoms with Crippen molar-refractivity contribution in [2.24, 2.45) is 13.0 Å². The number of hydrogen-bond acceptors (Lipinski definition) is 4. The summed E-state index contributed by atoms with van der Waals surface area (Å²) in [6.45, 7) is 2.01. The van der Waals surface area contributed by atoms with Crippen molar-refractivity contribution in [2.45, 2.75) is 19.3 Å². The summed E-state index contributed by atoms with van der Waals surface area (Å²) in [7, 11) is 3.26. The lowest BCUT2D eigenvalue weighted by atomic mass is 9.95. The summed E-state index contributed by atoms with van der Waals surface area (Å²) < 4.78 is 33.9. The van der Waals surface area contributed by atoms with Crippen LogP contribution in [-0.4, -0.2) is 59.8 Å². The minimum atomic E-state index is -0.772. The Kier molecular flexibility index (Phi) is 7.15. The van der Waals surface area contributed by atoms with Crippen molar-refractivity contribution in [1.29, 1.82) is 0 Å². The van der Waals surface area contributed by atoms with E-state index in [-0.39, 0.29) is 34.6 Å². The Morgan fingerprint density at radius 1 is 1.27 bits per heavy atom. The summed E-state index contributed by atoms with van der Waals surface area (Å²) in [5, 5.41) is 7.11. The second-order valence-corrected chi connectivity index (χ2v) is 7.39. The number of carbonyl (C=O) groups excluding carboxylic acids is 2. The van der Waals surface area contributed by atoms with Crippen molar-refractivity contribution in [3.05, 3.63) is 41.6 Å². The standard InChI is InChI=1S/C21H26F2N4O3/c1-26-13-17(19(25-26)16-5-4-15(22)12-18(16)23)21(29)27-9-6-14(7-10-27)20(28)24-8-3-11-30-2/h4-5,12-14H,3,6-11H2,1-2H3,(H,24,28). The van der Waals surface area contributed by atoms with Gasteiger partial charge < -0.3 is 15.0 Å². The minimum Gasteiger partial charge on any atom is -0.385 e. The van der Waals surface area contributed by atoms with Crippen LogP contribution in [0.5, 0.6) is 0 Å². The summed E-state index contributed by atoms with van der Waals surface area (Å²) in [6, 6.07) is 3.19. The fourth-order valence-electron chi connectivity index (χ4n) is 3.61. The van der Waals surface area contributed by atoms with Gasteiger partial charge in [0.2, 0.25) is 5.91 Å². The second kappa shape index (κ2) is 9.80. The first-order valence-electron chi connectivity index (χ1n) is 9.95. The van der Waals surface area contributed by atoms with Crippen LogP contribution < -0.4 is 5.32 Å². The van der Waals surface area contributed by atoms with Crippen LogP contribution in [0.3, 0.4) is 0 Å². The average molecular weight is 420 g/mol. The first-order chi connectivity index (χ1) is 14.4. The molecule has 1 saturated heterocycles. The molecule has 0 saturated carbocycles. The molecule has 0 unspecified atom stereocenters. The Bertz CT molecular complexity index is 908. The van der Waals surface area contributed by atoms with Gasteiger partial charge in [-0.05, 0) is 31.4 Å². The Balaban J connectivity index is 1.65. The van der Waals surface area contributed by atoms with Crippen LogP contribution in [0.4, 0.5) is 8.78 Å². The van der Waals surface area contributed by atoms with E-state index >= 15 is 0 Å². The first kappa shape index (κ1) is 21.9. The van der Waals surface area contributed by atoms with Crippen LogP contribution in [0.2, 0.25) is 0 Å². The van der Waals surface area contributed by atoms with Gasteiger partial charge in [0.05, 0.1) is 5.56 Å². The first-order valence-corrected chi connectivity index (χ1v) is 9.95. The molecule has 2 aromatic rings. The van der Waals surface area contributed by atoms with Crippen molar-refractivity contribution >= 4 is 11.8 Å². The van der Waals surface area contributed by atoms with Crippen molar-refractivity contribution in [2.75, 3.05) is 33.4 Å². The highest BCUT2D eigenvalue weighted by Gasteiger charge is 2.30. The van der Waals surface area contributed by atoms with E-state index in [1.54, 1.807) is 19.1 Å². The number of ether oxygens (including phenoxy) is 1. The number of aryl methyl sites for hydroxylation is 1. The third kappa shape index (κ3) is 5.02. The molecule has 30 heavy (non-hydrogen) atoms. The number of amides is 2. The number of rotatable bonds is 7. The Morgan fingerprint density at radius 3 is 2.67 bits per heavy atom. The van der Waals surface area contributed by atoms with Crippen molar-refractivity contribution in [1.82, 2.24) is 20.0 Å². The van der Waals surface area contributed by atoms with E-state index in [1.807, 2.05) is 0 Å². The molecule has 9 heteroatoms. The van der Waals surface area contributed by atoms with Crippen LogP contribution >= 0.6 is 0 Å². The van der Waals surface area contributed by atoms with Crippen molar-refractivity contribution in [3.8, 4) is 11.3 Å². The molecule has 1 aliphatic heterocycles. The van der Waals surface area contributed by atoms with E-state index in [1.165, 1.54) is 16.9 Å². The molecule has 3 rings (SSSR count). The van der Waals surface area contributed by atoms with Gasteiger partial charge in [0, 0.05) is 64.1 Å².